The molecule has 0 aliphatic carbocycles. The van der Waals surface area contributed by atoms with Crippen LogP contribution in [0.3, 0.4) is 0 Å². The standard InChI is InChI=1S/C25H22ClN5O5/c1-16(22(32)33)14-31-24(34)29-23(30(25(31)35)15-17-5-7-18(26)8-6-17)28-19-9-11-20(12-10-19)36-21-4-2-3-13-27-21/h2-13,16H,14-15H2,1H3,(H,32,33)(H,28,29,34)/t16-/m1/s1. The van der Waals surface area contributed by atoms with Gasteiger partial charge in [-0.05, 0) is 48.0 Å². The number of rotatable bonds is 8. The topological polar surface area (TPSA) is 132 Å². The van der Waals surface area contributed by atoms with Crippen LogP contribution >= 0.6 is 11.6 Å². The number of carbonyl (C=O) groups is 1. The molecule has 0 saturated heterocycles. The van der Waals surface area contributed by atoms with Crippen molar-refractivity contribution in [1.29, 1.82) is 0 Å². The molecule has 0 bridgehead atoms. The van der Waals surface area contributed by atoms with Crippen molar-refractivity contribution in [3.05, 3.63) is 110 Å². The quantitative estimate of drug-likeness (QED) is 0.376. The van der Waals surface area contributed by atoms with Crippen LogP contribution in [-0.2, 0) is 17.9 Å². The molecule has 0 unspecified atom stereocenters. The molecule has 2 heterocycles. The number of carboxylic acids is 1. The summed E-state index contributed by atoms with van der Waals surface area (Å²) in [5.74, 6) is -1.09. The van der Waals surface area contributed by atoms with Crippen LogP contribution in [0.1, 0.15) is 12.5 Å². The molecule has 0 fully saturated rings. The largest absolute Gasteiger partial charge is 0.481 e. The number of nitrogens with one attached hydrogen (secondary N) is 1. The van der Waals surface area contributed by atoms with Crippen LogP contribution in [0.5, 0.6) is 11.6 Å². The van der Waals surface area contributed by atoms with Crippen LogP contribution in [-0.4, -0.2) is 30.2 Å². The van der Waals surface area contributed by atoms with Crippen molar-refractivity contribution in [2.24, 2.45) is 10.9 Å². The Morgan fingerprint density at radius 2 is 1.81 bits per heavy atom. The molecule has 0 saturated carbocycles. The van der Waals surface area contributed by atoms with Crippen LogP contribution in [0, 0.1) is 5.92 Å². The van der Waals surface area contributed by atoms with Crippen molar-refractivity contribution >= 4 is 23.3 Å². The highest BCUT2D eigenvalue weighted by atomic mass is 35.5. The molecule has 1 atom stereocenters. The van der Waals surface area contributed by atoms with Gasteiger partial charge in [-0.15, -0.1) is 0 Å². The number of hydrogen-bond donors (Lipinski definition) is 2. The van der Waals surface area contributed by atoms with Crippen LogP contribution < -0.4 is 21.7 Å². The van der Waals surface area contributed by atoms with Gasteiger partial charge in [0.2, 0.25) is 11.5 Å². The third kappa shape index (κ3) is 5.97. The molecule has 0 spiro atoms. The zero-order valence-corrected chi connectivity index (χ0v) is 19.9. The van der Waals surface area contributed by atoms with Gasteiger partial charge in [0.15, 0.2) is 0 Å². The lowest BCUT2D eigenvalue weighted by molar-refractivity contribution is -0.141. The van der Waals surface area contributed by atoms with Crippen molar-refractivity contribution in [1.82, 2.24) is 19.1 Å². The van der Waals surface area contributed by atoms with Gasteiger partial charge in [0.25, 0.3) is 0 Å². The summed E-state index contributed by atoms with van der Waals surface area (Å²) >= 11 is 5.97. The van der Waals surface area contributed by atoms with E-state index in [2.05, 4.69) is 15.0 Å². The maximum Gasteiger partial charge on any atom is 0.335 e. The number of hydrogen-bond acceptors (Lipinski definition) is 6. The average Bonchev–Trinajstić information content (AvgIpc) is 2.87. The van der Waals surface area contributed by atoms with Gasteiger partial charge in [0, 0.05) is 23.8 Å². The Kier molecular flexibility index (Phi) is 7.45. The van der Waals surface area contributed by atoms with E-state index in [4.69, 9.17) is 16.3 Å². The van der Waals surface area contributed by atoms with E-state index in [0.29, 0.717) is 22.3 Å². The fraction of sp³-hybridized carbons (Fsp3) is 0.160. The first-order valence-electron chi connectivity index (χ1n) is 10.9. The van der Waals surface area contributed by atoms with Gasteiger partial charge in [-0.25, -0.2) is 24.1 Å². The predicted octanol–water partition coefficient (Wildman–Crippen LogP) is 3.18. The first-order valence-corrected chi connectivity index (χ1v) is 11.3. The van der Waals surface area contributed by atoms with E-state index < -0.39 is 23.3 Å². The lowest BCUT2D eigenvalue weighted by Gasteiger charge is -2.13. The van der Waals surface area contributed by atoms with E-state index in [1.807, 2.05) is 0 Å². The Labute approximate surface area is 209 Å². The number of aromatic amines is 1. The first-order chi connectivity index (χ1) is 17.3. The molecule has 10 nitrogen and oxygen atoms in total. The molecule has 36 heavy (non-hydrogen) atoms. The third-order valence-electron chi connectivity index (χ3n) is 5.25. The SMILES string of the molecule is C[C@H](Cn1c(=O)[nH]/c(=N\c2ccc(Oc3ccccn3)cc2)n(Cc2ccc(Cl)cc2)c1=O)C(=O)O. The van der Waals surface area contributed by atoms with E-state index in [-0.39, 0.29) is 18.7 Å². The highest BCUT2D eigenvalue weighted by molar-refractivity contribution is 6.30. The minimum atomic E-state index is -1.12. The first kappa shape index (κ1) is 24.7. The molecule has 4 rings (SSSR count). The number of halogens is 1. The molecule has 2 N–H and O–H groups in total. The maximum absolute atomic E-state index is 13.3. The summed E-state index contributed by atoms with van der Waals surface area (Å²) in [7, 11) is 0. The number of aromatic nitrogens is 4. The number of ether oxygens (including phenoxy) is 1. The second-order valence-corrected chi connectivity index (χ2v) is 8.41. The lowest BCUT2D eigenvalue weighted by atomic mass is 10.2. The molecule has 0 radical (unpaired) electrons. The van der Waals surface area contributed by atoms with Gasteiger partial charge < -0.3 is 9.84 Å². The Hall–Kier alpha value is -4.44. The summed E-state index contributed by atoms with van der Waals surface area (Å²) < 4.78 is 7.81. The van der Waals surface area contributed by atoms with Gasteiger partial charge in [0.05, 0.1) is 18.2 Å². The number of carboxylic acid groups (broad SMARTS) is 1. The predicted molar refractivity (Wildman–Crippen MR) is 133 cm³/mol. The highest BCUT2D eigenvalue weighted by Gasteiger charge is 2.17. The van der Waals surface area contributed by atoms with Gasteiger partial charge in [0.1, 0.15) is 5.75 Å². The summed E-state index contributed by atoms with van der Waals surface area (Å²) in [5.41, 5.74) is -0.232. The van der Waals surface area contributed by atoms with E-state index in [1.54, 1.807) is 72.9 Å². The molecule has 11 heteroatoms. The average molecular weight is 508 g/mol. The molecule has 4 aromatic rings. The molecule has 0 amide bonds. The molecular weight excluding hydrogens is 486 g/mol. The van der Waals surface area contributed by atoms with Gasteiger partial charge >= 0.3 is 17.3 Å². The van der Waals surface area contributed by atoms with E-state index in [1.165, 1.54) is 11.5 Å². The second-order valence-electron chi connectivity index (χ2n) is 7.97. The number of aliphatic carboxylic acids is 1. The Bertz CT molecular complexity index is 1540. The molecular formula is C25H22ClN5O5. The van der Waals surface area contributed by atoms with Gasteiger partial charge in [-0.1, -0.05) is 36.7 Å². The van der Waals surface area contributed by atoms with E-state index >= 15 is 0 Å². The molecule has 184 valence electrons. The second kappa shape index (κ2) is 10.9. The number of H-pyrrole nitrogens is 1. The van der Waals surface area contributed by atoms with Crippen molar-refractivity contribution in [2.75, 3.05) is 0 Å². The minimum Gasteiger partial charge on any atom is -0.481 e. The maximum atomic E-state index is 13.3. The Morgan fingerprint density at radius 3 is 2.44 bits per heavy atom. The van der Waals surface area contributed by atoms with Gasteiger partial charge in [-0.2, -0.15) is 0 Å². The van der Waals surface area contributed by atoms with Crippen molar-refractivity contribution in [3.8, 4) is 11.6 Å². The van der Waals surface area contributed by atoms with Crippen LogP contribution in [0.25, 0.3) is 0 Å². The lowest BCUT2D eigenvalue weighted by Crippen LogP contribution is -2.51. The number of nitrogens with zero attached hydrogens (tertiary/aromatic N) is 4. The smallest absolute Gasteiger partial charge is 0.335 e. The summed E-state index contributed by atoms with van der Waals surface area (Å²) in [6.07, 6.45) is 1.62. The highest BCUT2D eigenvalue weighted by Crippen LogP contribution is 2.22. The fourth-order valence-electron chi connectivity index (χ4n) is 3.31. The van der Waals surface area contributed by atoms with E-state index in [9.17, 15) is 19.5 Å². The zero-order chi connectivity index (χ0) is 25.7. The molecule has 2 aromatic carbocycles. The normalized spacial score (nSPS) is 12.3. The number of benzene rings is 2. The zero-order valence-electron chi connectivity index (χ0n) is 19.2. The third-order valence-corrected chi connectivity index (χ3v) is 5.50. The minimum absolute atomic E-state index is 0.0116. The van der Waals surface area contributed by atoms with Crippen molar-refractivity contribution < 1.29 is 14.6 Å². The molecule has 2 aromatic heterocycles. The van der Waals surface area contributed by atoms with E-state index in [0.717, 1.165) is 10.1 Å². The monoisotopic (exact) mass is 507 g/mol. The van der Waals surface area contributed by atoms with Crippen LogP contribution in [0.2, 0.25) is 5.02 Å². The molecule has 0 aliphatic heterocycles. The van der Waals surface area contributed by atoms with Crippen molar-refractivity contribution in [2.45, 2.75) is 20.0 Å². The fourth-order valence-corrected chi connectivity index (χ4v) is 3.44. The van der Waals surface area contributed by atoms with Crippen molar-refractivity contribution in [3.63, 3.8) is 0 Å². The van der Waals surface area contributed by atoms with Gasteiger partial charge in [-0.3, -0.25) is 14.3 Å². The summed E-state index contributed by atoms with van der Waals surface area (Å²) in [6.45, 7) is 1.21. The molecule has 0 aliphatic rings. The van der Waals surface area contributed by atoms with Crippen LogP contribution in [0.15, 0.2) is 87.5 Å². The Morgan fingerprint density at radius 1 is 1.08 bits per heavy atom. The number of pyridine rings is 1. The summed E-state index contributed by atoms with van der Waals surface area (Å²) in [6, 6.07) is 18.9. The Balaban J connectivity index is 1.75. The summed E-state index contributed by atoms with van der Waals surface area (Å²) in [4.78, 5) is 48.5. The van der Waals surface area contributed by atoms with Crippen LogP contribution in [0.4, 0.5) is 5.69 Å². The summed E-state index contributed by atoms with van der Waals surface area (Å²) in [5, 5.41) is 9.78.